The van der Waals surface area contributed by atoms with Gasteiger partial charge in [-0.1, -0.05) is 36.4 Å². The molecule has 17 heavy (non-hydrogen) atoms. The quantitative estimate of drug-likeness (QED) is 0.616. The van der Waals surface area contributed by atoms with Gasteiger partial charge in [-0.25, -0.2) is 0 Å². The maximum atomic E-state index is 5.19. The van der Waals surface area contributed by atoms with Gasteiger partial charge in [-0.3, -0.25) is 0 Å². The summed E-state index contributed by atoms with van der Waals surface area (Å²) in [6.45, 7) is 0. The van der Waals surface area contributed by atoms with Crippen LogP contribution in [0.3, 0.4) is 0 Å². The van der Waals surface area contributed by atoms with Gasteiger partial charge >= 0.3 is 0 Å². The molecule has 0 spiro atoms. The zero-order valence-corrected chi connectivity index (χ0v) is 11.8. The van der Waals surface area contributed by atoms with Gasteiger partial charge in [0.25, 0.3) is 0 Å². The Morgan fingerprint density at radius 2 is 1.29 bits per heavy atom. The SMILES string of the molecule is COc1ccccc1.ICOc1ccccc1. The van der Waals surface area contributed by atoms with E-state index in [1.807, 2.05) is 60.7 Å². The maximum absolute atomic E-state index is 5.19. The Kier molecular flexibility index (Phi) is 7.22. The predicted octanol–water partition coefficient (Wildman–Crippen LogP) is 4.15. The molecule has 0 radical (unpaired) electrons. The van der Waals surface area contributed by atoms with E-state index in [0.29, 0.717) is 4.61 Å². The first kappa shape index (κ1) is 13.8. The van der Waals surface area contributed by atoms with Crippen LogP contribution in [0.25, 0.3) is 0 Å². The Morgan fingerprint density at radius 3 is 1.65 bits per heavy atom. The molecule has 2 aromatic carbocycles. The van der Waals surface area contributed by atoms with Crippen LogP contribution in [-0.2, 0) is 0 Å². The summed E-state index contributed by atoms with van der Waals surface area (Å²) in [6, 6.07) is 19.5. The number of alkyl halides is 1. The van der Waals surface area contributed by atoms with Crippen molar-refractivity contribution < 1.29 is 9.47 Å². The summed E-state index contributed by atoms with van der Waals surface area (Å²) in [5.41, 5.74) is 0. The van der Waals surface area contributed by atoms with Crippen molar-refractivity contribution in [3.63, 3.8) is 0 Å². The van der Waals surface area contributed by atoms with Crippen LogP contribution in [0.1, 0.15) is 0 Å². The molecule has 0 N–H and O–H groups in total. The molecule has 0 unspecified atom stereocenters. The molecular formula is C14H15IO2. The highest BCUT2D eigenvalue weighted by Crippen LogP contribution is 2.08. The van der Waals surface area contributed by atoms with Crippen LogP contribution in [0.2, 0.25) is 0 Å². The van der Waals surface area contributed by atoms with E-state index in [0.717, 1.165) is 11.5 Å². The van der Waals surface area contributed by atoms with Crippen molar-refractivity contribution in [1.82, 2.24) is 0 Å². The molecule has 0 aliphatic carbocycles. The van der Waals surface area contributed by atoms with Gasteiger partial charge in [0, 0.05) is 0 Å². The minimum absolute atomic E-state index is 0.710. The molecule has 0 fully saturated rings. The second-order valence-corrected chi connectivity index (χ2v) is 3.71. The van der Waals surface area contributed by atoms with Crippen molar-refractivity contribution in [2.45, 2.75) is 0 Å². The number of para-hydroxylation sites is 2. The van der Waals surface area contributed by atoms with Crippen molar-refractivity contribution in [2.75, 3.05) is 11.7 Å². The summed E-state index contributed by atoms with van der Waals surface area (Å²) in [5.74, 6) is 1.85. The van der Waals surface area contributed by atoms with Crippen molar-refractivity contribution in [3.8, 4) is 11.5 Å². The minimum Gasteiger partial charge on any atom is -0.497 e. The van der Waals surface area contributed by atoms with E-state index >= 15 is 0 Å². The first-order valence-corrected chi connectivity index (χ1v) is 6.72. The van der Waals surface area contributed by atoms with E-state index in [4.69, 9.17) is 9.47 Å². The number of ether oxygens (including phenoxy) is 2. The molecule has 0 saturated heterocycles. The van der Waals surface area contributed by atoms with Gasteiger partial charge in [-0.2, -0.15) is 0 Å². The van der Waals surface area contributed by atoms with Crippen LogP contribution in [0.5, 0.6) is 11.5 Å². The second-order valence-electron chi connectivity index (χ2n) is 3.08. The number of benzene rings is 2. The molecule has 0 heterocycles. The summed E-state index contributed by atoms with van der Waals surface area (Å²) >= 11 is 2.17. The normalized spacial score (nSPS) is 8.82. The first-order valence-electron chi connectivity index (χ1n) is 5.19. The summed E-state index contributed by atoms with van der Waals surface area (Å²) in [7, 11) is 1.66. The summed E-state index contributed by atoms with van der Waals surface area (Å²) in [6.07, 6.45) is 0. The van der Waals surface area contributed by atoms with E-state index in [9.17, 15) is 0 Å². The molecule has 2 nitrogen and oxygen atoms in total. The Hall–Kier alpha value is -1.23. The third-order valence-electron chi connectivity index (χ3n) is 1.94. The fraction of sp³-hybridized carbons (Fsp3) is 0.143. The summed E-state index contributed by atoms with van der Waals surface area (Å²) in [4.78, 5) is 0. The van der Waals surface area contributed by atoms with E-state index < -0.39 is 0 Å². The number of hydrogen-bond donors (Lipinski definition) is 0. The molecule has 2 rings (SSSR count). The molecule has 0 aliphatic rings. The number of halogens is 1. The monoisotopic (exact) mass is 342 g/mol. The van der Waals surface area contributed by atoms with Crippen LogP contribution in [0, 0.1) is 0 Å². The zero-order chi connectivity index (χ0) is 12.3. The number of hydrogen-bond acceptors (Lipinski definition) is 2. The lowest BCUT2D eigenvalue weighted by molar-refractivity contribution is 0.404. The van der Waals surface area contributed by atoms with Gasteiger partial charge in [0.05, 0.1) is 7.11 Å². The van der Waals surface area contributed by atoms with Crippen LogP contribution in [0.4, 0.5) is 0 Å². The molecule has 3 heteroatoms. The second kappa shape index (κ2) is 8.87. The predicted molar refractivity (Wildman–Crippen MR) is 79.0 cm³/mol. The summed E-state index contributed by atoms with van der Waals surface area (Å²) < 4.78 is 10.8. The van der Waals surface area contributed by atoms with Gasteiger partial charge in [0.2, 0.25) is 0 Å². The van der Waals surface area contributed by atoms with Crippen molar-refractivity contribution in [2.24, 2.45) is 0 Å². The third kappa shape index (κ3) is 6.16. The van der Waals surface area contributed by atoms with Gasteiger partial charge in [-0.05, 0) is 46.9 Å². The minimum atomic E-state index is 0.710. The molecule has 90 valence electrons. The van der Waals surface area contributed by atoms with Gasteiger partial charge < -0.3 is 9.47 Å². The van der Waals surface area contributed by atoms with Crippen LogP contribution in [0.15, 0.2) is 60.7 Å². The highest BCUT2D eigenvalue weighted by molar-refractivity contribution is 14.1. The molecule has 0 atom stereocenters. The lowest BCUT2D eigenvalue weighted by Gasteiger charge is -1.98. The van der Waals surface area contributed by atoms with Crippen molar-refractivity contribution >= 4 is 22.6 Å². The molecule has 0 aromatic heterocycles. The first-order chi connectivity index (χ1) is 8.36. The fourth-order valence-electron chi connectivity index (χ4n) is 1.14. The molecule has 0 amide bonds. The van der Waals surface area contributed by atoms with Crippen molar-refractivity contribution in [1.29, 1.82) is 0 Å². The highest BCUT2D eigenvalue weighted by atomic mass is 127. The van der Waals surface area contributed by atoms with Gasteiger partial charge in [0.15, 0.2) is 0 Å². The lowest BCUT2D eigenvalue weighted by Crippen LogP contribution is -1.85. The average Bonchev–Trinajstić information content (AvgIpc) is 2.42. The van der Waals surface area contributed by atoms with E-state index in [1.54, 1.807) is 7.11 Å². The van der Waals surface area contributed by atoms with E-state index in [2.05, 4.69) is 22.6 Å². The highest BCUT2D eigenvalue weighted by Gasteiger charge is 1.84. The fourth-order valence-corrected chi connectivity index (χ4v) is 1.50. The Bertz CT molecular complexity index is 389. The zero-order valence-electron chi connectivity index (χ0n) is 9.68. The van der Waals surface area contributed by atoms with Crippen LogP contribution >= 0.6 is 22.6 Å². The molecule has 0 saturated carbocycles. The van der Waals surface area contributed by atoms with Crippen LogP contribution in [-0.4, -0.2) is 11.7 Å². The van der Waals surface area contributed by atoms with E-state index in [-0.39, 0.29) is 0 Å². The van der Waals surface area contributed by atoms with Gasteiger partial charge in [0.1, 0.15) is 16.1 Å². The smallest absolute Gasteiger partial charge is 0.139 e. The number of methoxy groups -OCH3 is 1. The maximum Gasteiger partial charge on any atom is 0.139 e. The lowest BCUT2D eigenvalue weighted by atomic mass is 10.3. The molecule has 0 aliphatic heterocycles. The van der Waals surface area contributed by atoms with Gasteiger partial charge in [-0.15, -0.1) is 0 Å². The molecular weight excluding hydrogens is 327 g/mol. The number of rotatable bonds is 3. The van der Waals surface area contributed by atoms with E-state index in [1.165, 1.54) is 0 Å². The third-order valence-corrected chi connectivity index (χ3v) is 2.25. The Morgan fingerprint density at radius 1 is 0.824 bits per heavy atom. The Balaban J connectivity index is 0.000000171. The topological polar surface area (TPSA) is 18.5 Å². The largest absolute Gasteiger partial charge is 0.497 e. The van der Waals surface area contributed by atoms with Crippen LogP contribution < -0.4 is 9.47 Å². The summed E-state index contributed by atoms with van der Waals surface area (Å²) in [5, 5.41) is 0. The Labute approximate surface area is 116 Å². The average molecular weight is 342 g/mol. The van der Waals surface area contributed by atoms with Crippen molar-refractivity contribution in [3.05, 3.63) is 60.7 Å². The standard InChI is InChI=1S/C7H7IO.C7H8O/c8-6-9-7-4-2-1-3-5-7;1-8-7-5-3-2-4-6-7/h1-5H,6H2;2-6H,1H3. The molecule has 2 aromatic rings. The molecule has 0 bridgehead atoms.